The smallest absolute Gasteiger partial charge is 0.229 e. The number of nitrogens with two attached hydrogens (primary N) is 2. The lowest BCUT2D eigenvalue weighted by Crippen LogP contribution is -2.09. The van der Waals surface area contributed by atoms with Crippen LogP contribution in [0.4, 0.5) is 11.6 Å². The minimum Gasteiger partial charge on any atom is -0.494 e. The molecule has 5 N–H and O–H groups in total. The average Bonchev–Trinajstić information content (AvgIpc) is 2.96. The predicted octanol–water partition coefficient (Wildman–Crippen LogP) is 2.35. The SMILES string of the molecule is CS(=O)(=O)Nc1ccc2oc(N)c(C(=O)c3ccc(OCCCN)cc3)c2c1. The Morgan fingerprint density at radius 2 is 1.89 bits per heavy atom. The Balaban J connectivity index is 1.92. The van der Waals surface area contributed by atoms with Crippen LogP contribution in [-0.4, -0.2) is 33.6 Å². The molecule has 9 heteroatoms. The first kappa shape index (κ1) is 19.7. The number of hydrogen-bond donors (Lipinski definition) is 3. The molecule has 0 atom stereocenters. The van der Waals surface area contributed by atoms with Crippen molar-refractivity contribution >= 4 is 38.3 Å². The fourth-order valence-corrected chi connectivity index (χ4v) is 3.30. The normalized spacial score (nSPS) is 11.5. The van der Waals surface area contributed by atoms with Gasteiger partial charge in [-0.3, -0.25) is 9.52 Å². The second kappa shape index (κ2) is 7.91. The Kier molecular flexibility index (Phi) is 5.57. The highest BCUT2D eigenvalue weighted by molar-refractivity contribution is 7.92. The third-order valence-corrected chi connectivity index (χ3v) is 4.59. The number of hydrogen-bond acceptors (Lipinski definition) is 7. The highest BCUT2D eigenvalue weighted by atomic mass is 32.2. The summed E-state index contributed by atoms with van der Waals surface area (Å²) in [5.41, 5.74) is 12.6. The van der Waals surface area contributed by atoms with Gasteiger partial charge in [0.05, 0.1) is 18.4 Å². The van der Waals surface area contributed by atoms with Gasteiger partial charge in [0, 0.05) is 16.6 Å². The second-order valence-corrected chi connectivity index (χ2v) is 8.02. The topological polar surface area (TPSA) is 138 Å². The van der Waals surface area contributed by atoms with Crippen LogP contribution in [0.1, 0.15) is 22.3 Å². The Labute approximate surface area is 162 Å². The van der Waals surface area contributed by atoms with E-state index in [9.17, 15) is 13.2 Å². The van der Waals surface area contributed by atoms with Crippen LogP contribution in [0.5, 0.6) is 5.75 Å². The minimum absolute atomic E-state index is 0.0280. The number of carbonyl (C=O) groups excluding carboxylic acids is 1. The zero-order valence-electron chi connectivity index (χ0n) is 15.3. The van der Waals surface area contributed by atoms with E-state index in [-0.39, 0.29) is 17.2 Å². The fourth-order valence-electron chi connectivity index (χ4n) is 2.75. The number of ether oxygens (including phenoxy) is 1. The molecule has 3 rings (SSSR count). The number of nitrogens with one attached hydrogen (secondary N) is 1. The van der Waals surface area contributed by atoms with E-state index < -0.39 is 10.0 Å². The molecule has 148 valence electrons. The summed E-state index contributed by atoms with van der Waals surface area (Å²) in [7, 11) is -3.46. The molecule has 3 aromatic rings. The van der Waals surface area contributed by atoms with Crippen molar-refractivity contribution in [2.45, 2.75) is 6.42 Å². The summed E-state index contributed by atoms with van der Waals surface area (Å²) in [6, 6.07) is 11.3. The molecular weight excluding hydrogens is 382 g/mol. The Morgan fingerprint density at radius 1 is 1.18 bits per heavy atom. The van der Waals surface area contributed by atoms with E-state index in [1.165, 1.54) is 12.1 Å². The van der Waals surface area contributed by atoms with Crippen LogP contribution < -0.4 is 20.9 Å². The molecule has 0 saturated carbocycles. The molecular formula is C19H21N3O5S. The van der Waals surface area contributed by atoms with Crippen LogP contribution in [0.25, 0.3) is 11.0 Å². The molecule has 2 aromatic carbocycles. The first-order valence-electron chi connectivity index (χ1n) is 8.56. The Morgan fingerprint density at radius 3 is 2.54 bits per heavy atom. The molecule has 1 aromatic heterocycles. The maximum absolute atomic E-state index is 13.0. The third kappa shape index (κ3) is 4.44. The number of ketones is 1. The largest absolute Gasteiger partial charge is 0.494 e. The van der Waals surface area contributed by atoms with Gasteiger partial charge in [-0.15, -0.1) is 0 Å². The van der Waals surface area contributed by atoms with Gasteiger partial charge < -0.3 is 20.6 Å². The summed E-state index contributed by atoms with van der Waals surface area (Å²) in [6.45, 7) is 1.04. The van der Waals surface area contributed by atoms with E-state index >= 15 is 0 Å². The van der Waals surface area contributed by atoms with Gasteiger partial charge in [0.1, 0.15) is 11.3 Å². The number of sulfonamides is 1. The first-order valence-corrected chi connectivity index (χ1v) is 10.4. The van der Waals surface area contributed by atoms with Crippen molar-refractivity contribution in [3.63, 3.8) is 0 Å². The van der Waals surface area contributed by atoms with Crippen molar-refractivity contribution in [1.29, 1.82) is 0 Å². The van der Waals surface area contributed by atoms with Gasteiger partial charge in [-0.1, -0.05) is 0 Å². The molecule has 0 radical (unpaired) electrons. The fraction of sp³-hybridized carbons (Fsp3) is 0.211. The summed E-state index contributed by atoms with van der Waals surface area (Å²) in [4.78, 5) is 13.0. The molecule has 8 nitrogen and oxygen atoms in total. The number of benzene rings is 2. The number of anilines is 2. The standard InChI is InChI=1S/C19H21N3O5S/c1-28(24,25)22-13-5-8-16-15(11-13)17(19(21)27-16)18(23)12-3-6-14(7-4-12)26-10-2-9-20/h3-8,11,22H,2,9-10,20-21H2,1H3. The second-order valence-electron chi connectivity index (χ2n) is 6.27. The van der Waals surface area contributed by atoms with Crippen molar-refractivity contribution in [1.82, 2.24) is 0 Å². The summed E-state index contributed by atoms with van der Waals surface area (Å²) in [6.07, 6.45) is 1.78. The molecule has 0 aliphatic carbocycles. The van der Waals surface area contributed by atoms with Crippen LogP contribution in [0.15, 0.2) is 46.9 Å². The molecule has 0 fully saturated rings. The predicted molar refractivity (Wildman–Crippen MR) is 108 cm³/mol. The quantitative estimate of drug-likeness (QED) is 0.388. The molecule has 28 heavy (non-hydrogen) atoms. The van der Waals surface area contributed by atoms with Crippen LogP contribution >= 0.6 is 0 Å². The van der Waals surface area contributed by atoms with E-state index in [4.69, 9.17) is 20.6 Å². The van der Waals surface area contributed by atoms with E-state index in [1.807, 2.05) is 0 Å². The molecule has 0 bridgehead atoms. The van der Waals surface area contributed by atoms with Crippen molar-refractivity contribution in [3.05, 3.63) is 53.6 Å². The van der Waals surface area contributed by atoms with Gasteiger partial charge in [0.15, 0.2) is 5.78 Å². The lowest BCUT2D eigenvalue weighted by atomic mass is 10.0. The van der Waals surface area contributed by atoms with Gasteiger partial charge in [-0.05, 0) is 55.4 Å². The van der Waals surface area contributed by atoms with E-state index in [0.717, 1.165) is 12.7 Å². The highest BCUT2D eigenvalue weighted by Crippen LogP contribution is 2.32. The van der Waals surface area contributed by atoms with Gasteiger partial charge in [-0.25, -0.2) is 8.42 Å². The summed E-state index contributed by atoms with van der Waals surface area (Å²) in [5, 5.41) is 0.430. The number of rotatable bonds is 8. The van der Waals surface area contributed by atoms with Crippen LogP contribution in [0.2, 0.25) is 0 Å². The molecule has 0 aliphatic rings. The summed E-state index contributed by atoms with van der Waals surface area (Å²) in [5.74, 6) is 0.274. The molecule has 0 amide bonds. The van der Waals surface area contributed by atoms with E-state index in [1.54, 1.807) is 30.3 Å². The van der Waals surface area contributed by atoms with Gasteiger partial charge in [-0.2, -0.15) is 0 Å². The monoisotopic (exact) mass is 403 g/mol. The summed E-state index contributed by atoms with van der Waals surface area (Å²) >= 11 is 0. The highest BCUT2D eigenvalue weighted by Gasteiger charge is 2.21. The lowest BCUT2D eigenvalue weighted by molar-refractivity contribution is 0.104. The van der Waals surface area contributed by atoms with Crippen molar-refractivity contribution < 1.29 is 22.4 Å². The number of carbonyl (C=O) groups is 1. The molecule has 0 saturated heterocycles. The van der Waals surface area contributed by atoms with Crippen LogP contribution in [0, 0.1) is 0 Å². The average molecular weight is 403 g/mol. The van der Waals surface area contributed by atoms with Gasteiger partial charge >= 0.3 is 0 Å². The number of fused-ring (bicyclic) bond motifs is 1. The van der Waals surface area contributed by atoms with Crippen molar-refractivity contribution in [3.8, 4) is 5.75 Å². The van der Waals surface area contributed by atoms with Crippen molar-refractivity contribution in [2.75, 3.05) is 29.9 Å². The Hall–Kier alpha value is -3.04. The lowest BCUT2D eigenvalue weighted by Gasteiger charge is -2.06. The van der Waals surface area contributed by atoms with Crippen LogP contribution in [-0.2, 0) is 10.0 Å². The van der Waals surface area contributed by atoms with E-state index in [0.29, 0.717) is 41.1 Å². The number of nitrogen functional groups attached to an aromatic ring is 1. The molecule has 0 unspecified atom stereocenters. The Bertz CT molecular complexity index is 1100. The maximum Gasteiger partial charge on any atom is 0.229 e. The van der Waals surface area contributed by atoms with E-state index in [2.05, 4.69) is 4.72 Å². The van der Waals surface area contributed by atoms with Crippen molar-refractivity contribution in [2.24, 2.45) is 5.73 Å². The maximum atomic E-state index is 13.0. The molecule has 0 spiro atoms. The van der Waals surface area contributed by atoms with Gasteiger partial charge in [0.25, 0.3) is 0 Å². The van der Waals surface area contributed by atoms with Crippen LogP contribution in [0.3, 0.4) is 0 Å². The number of furan rings is 1. The zero-order valence-corrected chi connectivity index (χ0v) is 16.1. The zero-order chi connectivity index (χ0) is 20.3. The third-order valence-electron chi connectivity index (χ3n) is 3.98. The van der Waals surface area contributed by atoms with Gasteiger partial charge in [0.2, 0.25) is 15.9 Å². The molecule has 0 aliphatic heterocycles. The first-order chi connectivity index (χ1) is 13.3. The minimum atomic E-state index is -3.46. The molecule has 1 heterocycles. The summed E-state index contributed by atoms with van der Waals surface area (Å²) < 4.78 is 36.3.